The molecule has 0 fully saturated rings. The summed E-state index contributed by atoms with van der Waals surface area (Å²) in [5.41, 5.74) is 9.47. The standard InChI is InChI=1S/C21H20BrN5O4/c1-30-18-7-4-15(10-19(18)31-13-20(23)28)11-24-25-21(29)17-8-9-27(26-17)12-14-2-5-16(22)6-3-14/h2-11H,12-13H2,1H3,(H2,23,28)(H,25,29). The average molecular weight is 486 g/mol. The number of nitrogens with zero attached hydrogens (tertiary/aromatic N) is 3. The minimum atomic E-state index is -0.604. The van der Waals surface area contributed by atoms with E-state index in [9.17, 15) is 9.59 Å². The number of rotatable bonds is 9. The number of nitrogens with one attached hydrogen (secondary N) is 1. The predicted molar refractivity (Wildman–Crippen MR) is 118 cm³/mol. The van der Waals surface area contributed by atoms with E-state index in [-0.39, 0.29) is 12.3 Å². The first kappa shape index (κ1) is 22.0. The van der Waals surface area contributed by atoms with Gasteiger partial charge in [0.25, 0.3) is 11.8 Å². The monoisotopic (exact) mass is 485 g/mol. The summed E-state index contributed by atoms with van der Waals surface area (Å²) in [5, 5.41) is 8.22. The van der Waals surface area contributed by atoms with Gasteiger partial charge in [0.1, 0.15) is 0 Å². The summed E-state index contributed by atoms with van der Waals surface area (Å²) in [6.07, 6.45) is 3.17. The molecule has 2 aromatic carbocycles. The number of methoxy groups -OCH3 is 1. The van der Waals surface area contributed by atoms with Crippen LogP contribution in [-0.2, 0) is 11.3 Å². The highest BCUT2D eigenvalue weighted by Gasteiger charge is 2.10. The Morgan fingerprint density at radius 1 is 1.19 bits per heavy atom. The molecule has 0 aliphatic heterocycles. The minimum absolute atomic E-state index is 0.245. The third-order valence-corrected chi connectivity index (χ3v) is 4.60. The van der Waals surface area contributed by atoms with Gasteiger partial charge in [0, 0.05) is 10.7 Å². The molecule has 31 heavy (non-hydrogen) atoms. The van der Waals surface area contributed by atoms with Crippen molar-refractivity contribution in [3.63, 3.8) is 0 Å². The second-order valence-electron chi connectivity index (χ2n) is 6.39. The van der Waals surface area contributed by atoms with Crippen molar-refractivity contribution in [1.82, 2.24) is 15.2 Å². The molecule has 0 atom stereocenters. The number of halogens is 1. The molecule has 9 nitrogen and oxygen atoms in total. The minimum Gasteiger partial charge on any atom is -0.493 e. The first-order valence-electron chi connectivity index (χ1n) is 9.15. The maximum Gasteiger partial charge on any atom is 0.291 e. The molecule has 3 aromatic rings. The van der Waals surface area contributed by atoms with Crippen molar-refractivity contribution in [3.05, 3.63) is 76.0 Å². The molecule has 160 valence electrons. The zero-order valence-electron chi connectivity index (χ0n) is 16.6. The van der Waals surface area contributed by atoms with Crippen LogP contribution in [0.2, 0.25) is 0 Å². The van der Waals surface area contributed by atoms with Crippen molar-refractivity contribution in [2.24, 2.45) is 10.8 Å². The molecule has 2 amide bonds. The molecule has 1 heterocycles. The van der Waals surface area contributed by atoms with Crippen molar-refractivity contribution in [3.8, 4) is 11.5 Å². The normalized spacial score (nSPS) is 10.8. The molecule has 0 radical (unpaired) electrons. The first-order chi connectivity index (χ1) is 14.9. The lowest BCUT2D eigenvalue weighted by atomic mass is 10.2. The third kappa shape index (κ3) is 6.41. The zero-order chi connectivity index (χ0) is 22.2. The van der Waals surface area contributed by atoms with Gasteiger partial charge in [0.2, 0.25) is 0 Å². The van der Waals surface area contributed by atoms with Crippen LogP contribution in [0.1, 0.15) is 21.6 Å². The van der Waals surface area contributed by atoms with Gasteiger partial charge in [-0.15, -0.1) is 0 Å². The van der Waals surface area contributed by atoms with Crippen molar-refractivity contribution in [2.75, 3.05) is 13.7 Å². The summed E-state index contributed by atoms with van der Waals surface area (Å²) in [6, 6.07) is 14.5. The third-order valence-electron chi connectivity index (χ3n) is 4.07. The van der Waals surface area contributed by atoms with Gasteiger partial charge in [-0.05, 0) is 47.5 Å². The van der Waals surface area contributed by atoms with E-state index in [1.807, 2.05) is 24.3 Å². The van der Waals surface area contributed by atoms with E-state index in [1.54, 1.807) is 35.1 Å². The van der Waals surface area contributed by atoms with Crippen LogP contribution in [0.15, 0.2) is 64.3 Å². The second kappa shape index (κ2) is 10.4. The number of hydrogen-bond acceptors (Lipinski definition) is 6. The largest absolute Gasteiger partial charge is 0.493 e. The van der Waals surface area contributed by atoms with Crippen LogP contribution < -0.4 is 20.6 Å². The highest BCUT2D eigenvalue weighted by atomic mass is 79.9. The summed E-state index contributed by atoms with van der Waals surface area (Å²) in [5.74, 6) is -0.264. The van der Waals surface area contributed by atoms with E-state index < -0.39 is 11.8 Å². The number of nitrogens with two attached hydrogens (primary N) is 1. The lowest BCUT2D eigenvalue weighted by molar-refractivity contribution is -0.119. The predicted octanol–water partition coefficient (Wildman–Crippen LogP) is 2.33. The van der Waals surface area contributed by atoms with Crippen LogP contribution >= 0.6 is 15.9 Å². The number of ether oxygens (including phenoxy) is 2. The van der Waals surface area contributed by atoms with E-state index in [2.05, 4.69) is 31.6 Å². The molecule has 10 heteroatoms. The summed E-state index contributed by atoms with van der Waals surface area (Å²) in [6.45, 7) is 0.264. The Labute approximate surface area is 187 Å². The van der Waals surface area contributed by atoms with Gasteiger partial charge in [-0.2, -0.15) is 10.2 Å². The van der Waals surface area contributed by atoms with E-state index >= 15 is 0 Å². The van der Waals surface area contributed by atoms with Crippen molar-refractivity contribution in [2.45, 2.75) is 6.54 Å². The molecule has 1 aromatic heterocycles. The Bertz CT molecular complexity index is 1100. The second-order valence-corrected chi connectivity index (χ2v) is 7.31. The van der Waals surface area contributed by atoms with Gasteiger partial charge < -0.3 is 15.2 Å². The Balaban J connectivity index is 1.60. The maximum atomic E-state index is 12.3. The fourth-order valence-corrected chi connectivity index (χ4v) is 2.87. The Morgan fingerprint density at radius 2 is 1.97 bits per heavy atom. The number of benzene rings is 2. The molecular weight excluding hydrogens is 466 g/mol. The van der Waals surface area contributed by atoms with Crippen LogP contribution in [-0.4, -0.2) is 41.5 Å². The first-order valence-corrected chi connectivity index (χ1v) is 9.94. The van der Waals surface area contributed by atoms with E-state index in [4.69, 9.17) is 15.2 Å². The molecule has 0 bridgehead atoms. The Kier molecular flexibility index (Phi) is 7.39. The van der Waals surface area contributed by atoms with E-state index in [0.29, 0.717) is 23.6 Å². The summed E-state index contributed by atoms with van der Waals surface area (Å²) in [4.78, 5) is 23.2. The molecule has 0 aliphatic carbocycles. The number of aromatic nitrogens is 2. The van der Waals surface area contributed by atoms with Gasteiger partial charge >= 0.3 is 0 Å². The van der Waals surface area contributed by atoms with Crippen LogP contribution in [0, 0.1) is 0 Å². The van der Waals surface area contributed by atoms with Gasteiger partial charge in [-0.1, -0.05) is 28.1 Å². The van der Waals surface area contributed by atoms with E-state index in [0.717, 1.165) is 10.0 Å². The number of hydrazone groups is 1. The van der Waals surface area contributed by atoms with Crippen LogP contribution in [0.5, 0.6) is 11.5 Å². The van der Waals surface area contributed by atoms with E-state index in [1.165, 1.54) is 13.3 Å². The van der Waals surface area contributed by atoms with Gasteiger partial charge in [0.05, 0.1) is 19.9 Å². The molecular formula is C21H20BrN5O4. The van der Waals surface area contributed by atoms with Crippen LogP contribution in [0.25, 0.3) is 0 Å². The highest BCUT2D eigenvalue weighted by Crippen LogP contribution is 2.27. The summed E-state index contributed by atoms with van der Waals surface area (Å²) < 4.78 is 13.2. The van der Waals surface area contributed by atoms with Gasteiger partial charge in [-0.25, -0.2) is 5.43 Å². The Morgan fingerprint density at radius 3 is 2.68 bits per heavy atom. The fourth-order valence-electron chi connectivity index (χ4n) is 2.61. The summed E-state index contributed by atoms with van der Waals surface area (Å²) in [7, 11) is 1.48. The topological polar surface area (TPSA) is 121 Å². The van der Waals surface area contributed by atoms with Gasteiger partial charge in [0.15, 0.2) is 23.8 Å². The van der Waals surface area contributed by atoms with Gasteiger partial charge in [-0.3, -0.25) is 14.3 Å². The van der Waals surface area contributed by atoms with Crippen molar-refractivity contribution >= 4 is 34.0 Å². The smallest absolute Gasteiger partial charge is 0.291 e. The summed E-state index contributed by atoms with van der Waals surface area (Å²) >= 11 is 3.40. The Hall–Kier alpha value is -3.66. The van der Waals surface area contributed by atoms with Crippen molar-refractivity contribution in [1.29, 1.82) is 0 Å². The number of hydrogen-bond donors (Lipinski definition) is 2. The maximum absolute atomic E-state index is 12.3. The molecule has 3 N–H and O–H groups in total. The average Bonchev–Trinajstić information content (AvgIpc) is 3.22. The lowest BCUT2D eigenvalue weighted by Gasteiger charge is -2.09. The molecule has 3 rings (SSSR count). The van der Waals surface area contributed by atoms with Crippen LogP contribution in [0.3, 0.4) is 0 Å². The SMILES string of the molecule is COc1ccc(C=NNC(=O)c2ccn(Cc3ccc(Br)cc3)n2)cc1OCC(N)=O. The van der Waals surface area contributed by atoms with Crippen molar-refractivity contribution < 1.29 is 19.1 Å². The number of primary amides is 1. The molecule has 0 spiro atoms. The number of carbonyl (C=O) groups is 2. The molecule has 0 saturated carbocycles. The molecule has 0 aliphatic rings. The quantitative estimate of drug-likeness (QED) is 0.355. The lowest BCUT2D eigenvalue weighted by Crippen LogP contribution is -2.20. The zero-order valence-corrected chi connectivity index (χ0v) is 18.2. The molecule has 0 unspecified atom stereocenters. The number of carbonyl (C=O) groups excluding carboxylic acids is 2. The fraction of sp³-hybridized carbons (Fsp3) is 0.143. The number of amides is 2. The highest BCUT2D eigenvalue weighted by molar-refractivity contribution is 9.10. The molecule has 0 saturated heterocycles. The van der Waals surface area contributed by atoms with Crippen LogP contribution in [0.4, 0.5) is 0 Å².